The first-order chi connectivity index (χ1) is 9.76. The zero-order valence-corrected chi connectivity index (χ0v) is 13.5. The van der Waals surface area contributed by atoms with Crippen molar-refractivity contribution in [2.75, 3.05) is 18.6 Å². The maximum atomic E-state index is 4.72. The van der Waals surface area contributed by atoms with Crippen LogP contribution in [-0.4, -0.2) is 34.4 Å². The second kappa shape index (κ2) is 7.70. The second-order valence-electron chi connectivity index (χ2n) is 5.22. The van der Waals surface area contributed by atoms with Crippen LogP contribution >= 0.6 is 11.8 Å². The molecule has 20 heavy (non-hydrogen) atoms. The van der Waals surface area contributed by atoms with E-state index in [-0.39, 0.29) is 0 Å². The van der Waals surface area contributed by atoms with Gasteiger partial charge in [0.2, 0.25) is 0 Å². The molecule has 2 aromatic rings. The first-order valence-corrected chi connectivity index (χ1v) is 8.78. The fraction of sp³-hybridized carbons (Fsp3) is 0.562. The number of thioether (sulfide) groups is 1. The van der Waals surface area contributed by atoms with Crippen LogP contribution in [-0.2, 0) is 13.5 Å². The molecule has 1 atom stereocenters. The summed E-state index contributed by atoms with van der Waals surface area (Å²) in [6.45, 7) is 3.30. The summed E-state index contributed by atoms with van der Waals surface area (Å²) in [6.07, 6.45) is 5.57. The highest BCUT2D eigenvalue weighted by atomic mass is 32.2. The Morgan fingerprint density at radius 3 is 2.90 bits per heavy atom. The Morgan fingerprint density at radius 1 is 1.35 bits per heavy atom. The number of rotatable bonds is 8. The normalized spacial score (nSPS) is 12.9. The smallest absolute Gasteiger partial charge is 0.0718 e. The van der Waals surface area contributed by atoms with Crippen LogP contribution in [0.4, 0.5) is 0 Å². The molecule has 0 spiro atoms. The van der Waals surface area contributed by atoms with Gasteiger partial charge in [-0.1, -0.05) is 25.1 Å². The molecule has 0 saturated heterocycles. The molecule has 110 valence electrons. The molecule has 0 fully saturated rings. The van der Waals surface area contributed by atoms with Gasteiger partial charge in [-0.25, -0.2) is 0 Å². The van der Waals surface area contributed by atoms with E-state index in [1.807, 2.05) is 23.5 Å². The number of nitrogens with zero attached hydrogens (tertiary/aromatic N) is 2. The van der Waals surface area contributed by atoms with E-state index < -0.39 is 0 Å². The minimum atomic E-state index is 0.528. The number of aryl methyl sites for hydroxylation is 1. The molecule has 0 aliphatic heterocycles. The van der Waals surface area contributed by atoms with Gasteiger partial charge in [0, 0.05) is 24.9 Å². The molecule has 0 aliphatic carbocycles. The monoisotopic (exact) mass is 291 g/mol. The SMILES string of the molecule is CCCNC(CCSC)Cc1nn(C)c2ccccc12. The Balaban J connectivity index is 2.14. The van der Waals surface area contributed by atoms with E-state index in [0.717, 1.165) is 13.0 Å². The van der Waals surface area contributed by atoms with E-state index in [1.165, 1.54) is 35.2 Å². The molecule has 0 aliphatic rings. The highest BCUT2D eigenvalue weighted by molar-refractivity contribution is 7.98. The van der Waals surface area contributed by atoms with E-state index >= 15 is 0 Å². The Hall–Kier alpha value is -1.00. The average Bonchev–Trinajstić information content (AvgIpc) is 2.79. The highest BCUT2D eigenvalue weighted by Gasteiger charge is 2.14. The lowest BCUT2D eigenvalue weighted by molar-refractivity contribution is 0.492. The minimum absolute atomic E-state index is 0.528. The summed E-state index contributed by atoms with van der Waals surface area (Å²) in [6, 6.07) is 9.03. The Bertz CT molecular complexity index is 528. The van der Waals surface area contributed by atoms with Gasteiger partial charge in [-0.2, -0.15) is 16.9 Å². The van der Waals surface area contributed by atoms with Gasteiger partial charge >= 0.3 is 0 Å². The summed E-state index contributed by atoms with van der Waals surface area (Å²) in [7, 11) is 2.03. The lowest BCUT2D eigenvalue weighted by atomic mass is 10.1. The van der Waals surface area contributed by atoms with Crippen molar-refractivity contribution in [1.29, 1.82) is 0 Å². The predicted octanol–water partition coefficient (Wildman–Crippen LogP) is 3.24. The zero-order valence-electron chi connectivity index (χ0n) is 12.7. The third kappa shape index (κ3) is 3.76. The second-order valence-corrected chi connectivity index (χ2v) is 6.21. The molecular formula is C16H25N3S. The third-order valence-corrected chi connectivity index (χ3v) is 4.27. The number of benzene rings is 1. The van der Waals surface area contributed by atoms with Crippen molar-refractivity contribution < 1.29 is 0 Å². The van der Waals surface area contributed by atoms with Gasteiger partial charge in [-0.15, -0.1) is 0 Å². The van der Waals surface area contributed by atoms with Crippen LogP contribution in [0.25, 0.3) is 10.9 Å². The van der Waals surface area contributed by atoms with Gasteiger partial charge in [0.05, 0.1) is 11.2 Å². The van der Waals surface area contributed by atoms with Gasteiger partial charge < -0.3 is 5.32 Å². The molecule has 1 aromatic carbocycles. The standard InChI is InChI=1S/C16H25N3S/c1-4-10-17-13(9-11-20-3)12-15-14-7-5-6-8-16(14)19(2)18-15/h5-8,13,17H,4,9-12H2,1-3H3. The van der Waals surface area contributed by atoms with Crippen LogP contribution in [0.5, 0.6) is 0 Å². The van der Waals surface area contributed by atoms with Crippen molar-refractivity contribution in [3.63, 3.8) is 0 Å². The summed E-state index contributed by atoms with van der Waals surface area (Å²) in [5, 5.41) is 9.67. The lowest BCUT2D eigenvalue weighted by Crippen LogP contribution is -2.32. The molecule has 2 rings (SSSR count). The molecule has 1 heterocycles. The first-order valence-electron chi connectivity index (χ1n) is 7.39. The Labute approximate surface area is 126 Å². The average molecular weight is 291 g/mol. The van der Waals surface area contributed by atoms with Crippen molar-refractivity contribution >= 4 is 22.7 Å². The molecule has 1 N–H and O–H groups in total. The van der Waals surface area contributed by atoms with Crippen molar-refractivity contribution in [2.45, 2.75) is 32.2 Å². The van der Waals surface area contributed by atoms with Gasteiger partial charge in [0.15, 0.2) is 0 Å². The van der Waals surface area contributed by atoms with Gasteiger partial charge in [-0.3, -0.25) is 4.68 Å². The van der Waals surface area contributed by atoms with Crippen molar-refractivity contribution in [1.82, 2.24) is 15.1 Å². The van der Waals surface area contributed by atoms with Crippen LogP contribution < -0.4 is 5.32 Å². The fourth-order valence-electron chi connectivity index (χ4n) is 2.56. The number of hydrogen-bond acceptors (Lipinski definition) is 3. The number of para-hydroxylation sites is 1. The summed E-state index contributed by atoms with van der Waals surface area (Å²) in [5.41, 5.74) is 2.44. The lowest BCUT2D eigenvalue weighted by Gasteiger charge is -2.17. The molecule has 0 amide bonds. The van der Waals surface area contributed by atoms with Crippen LogP contribution in [0.15, 0.2) is 24.3 Å². The van der Waals surface area contributed by atoms with E-state index in [2.05, 4.69) is 42.8 Å². The van der Waals surface area contributed by atoms with Crippen molar-refractivity contribution in [2.24, 2.45) is 7.05 Å². The summed E-state index contributed by atoms with van der Waals surface area (Å²) in [5.74, 6) is 1.20. The number of nitrogens with one attached hydrogen (secondary N) is 1. The molecule has 4 heteroatoms. The molecular weight excluding hydrogens is 266 g/mol. The van der Waals surface area contributed by atoms with Crippen molar-refractivity contribution in [3.05, 3.63) is 30.0 Å². The minimum Gasteiger partial charge on any atom is -0.314 e. The first kappa shape index (κ1) is 15.4. The molecule has 1 aromatic heterocycles. The van der Waals surface area contributed by atoms with E-state index in [9.17, 15) is 0 Å². The summed E-state index contributed by atoms with van der Waals surface area (Å²) >= 11 is 1.92. The maximum absolute atomic E-state index is 4.72. The molecule has 3 nitrogen and oxygen atoms in total. The third-order valence-electron chi connectivity index (χ3n) is 3.63. The quantitative estimate of drug-likeness (QED) is 0.810. The maximum Gasteiger partial charge on any atom is 0.0718 e. The van der Waals surface area contributed by atoms with Crippen LogP contribution in [0, 0.1) is 0 Å². The van der Waals surface area contributed by atoms with E-state index in [0.29, 0.717) is 6.04 Å². The topological polar surface area (TPSA) is 29.9 Å². The largest absolute Gasteiger partial charge is 0.314 e. The van der Waals surface area contributed by atoms with Gasteiger partial charge in [-0.05, 0) is 37.5 Å². The Kier molecular flexibility index (Phi) is 5.92. The highest BCUT2D eigenvalue weighted by Crippen LogP contribution is 2.19. The number of hydrogen-bond donors (Lipinski definition) is 1. The van der Waals surface area contributed by atoms with E-state index in [1.54, 1.807) is 0 Å². The number of fused-ring (bicyclic) bond motifs is 1. The Morgan fingerprint density at radius 2 is 2.15 bits per heavy atom. The van der Waals surface area contributed by atoms with Gasteiger partial charge in [0.25, 0.3) is 0 Å². The van der Waals surface area contributed by atoms with Crippen LogP contribution in [0.2, 0.25) is 0 Å². The predicted molar refractivity (Wildman–Crippen MR) is 89.5 cm³/mol. The number of aromatic nitrogens is 2. The fourth-order valence-corrected chi connectivity index (χ4v) is 3.08. The summed E-state index contributed by atoms with van der Waals surface area (Å²) < 4.78 is 2.00. The van der Waals surface area contributed by atoms with Crippen LogP contribution in [0.1, 0.15) is 25.5 Å². The molecule has 0 bridgehead atoms. The molecule has 0 radical (unpaired) electrons. The van der Waals surface area contributed by atoms with Crippen molar-refractivity contribution in [3.8, 4) is 0 Å². The van der Waals surface area contributed by atoms with Crippen LogP contribution in [0.3, 0.4) is 0 Å². The molecule has 0 saturated carbocycles. The van der Waals surface area contributed by atoms with E-state index in [4.69, 9.17) is 5.10 Å². The van der Waals surface area contributed by atoms with Gasteiger partial charge in [0.1, 0.15) is 0 Å². The molecule has 1 unspecified atom stereocenters. The zero-order chi connectivity index (χ0) is 14.4. The summed E-state index contributed by atoms with van der Waals surface area (Å²) in [4.78, 5) is 0.